The van der Waals surface area contributed by atoms with Crippen molar-refractivity contribution in [3.05, 3.63) is 0 Å². The third-order valence-corrected chi connectivity index (χ3v) is 9.52. The van der Waals surface area contributed by atoms with Gasteiger partial charge in [-0.3, -0.25) is 9.69 Å². The monoisotopic (exact) mass is 433 g/mol. The molecule has 0 aromatic carbocycles. The third-order valence-electron chi connectivity index (χ3n) is 6.33. The summed E-state index contributed by atoms with van der Waals surface area (Å²) in [4.78, 5) is 15.3. The number of hydrogen-bond acceptors (Lipinski definition) is 6. The van der Waals surface area contributed by atoms with Gasteiger partial charge in [0.2, 0.25) is 15.9 Å². The number of carbonyl (C=O) groups is 1. The van der Waals surface area contributed by atoms with Gasteiger partial charge in [0.1, 0.15) is 0 Å². The van der Waals surface area contributed by atoms with Crippen molar-refractivity contribution in [3.8, 4) is 0 Å². The SMILES string of the molecule is CCCCS(=O)(=O)N1CCC(C(=O)NCC2(N3CCOCC3)CCSC2)CC1. The standard InChI is InChI=1S/C19H35N3O4S2/c1-2-3-14-28(24,25)22-7-4-17(5-8-22)18(23)20-15-19(6-13-27-16-19)21-9-11-26-12-10-21/h17H,2-16H2,1H3,(H,20,23). The Morgan fingerprint density at radius 2 is 1.93 bits per heavy atom. The number of unbranched alkanes of at least 4 members (excludes halogenated alkanes) is 1. The van der Waals surface area contributed by atoms with Crippen LogP contribution in [0.2, 0.25) is 0 Å². The molecule has 9 heteroatoms. The summed E-state index contributed by atoms with van der Waals surface area (Å²) >= 11 is 1.96. The number of nitrogens with one attached hydrogen (secondary N) is 1. The summed E-state index contributed by atoms with van der Waals surface area (Å²) < 4.78 is 31.8. The smallest absolute Gasteiger partial charge is 0.223 e. The van der Waals surface area contributed by atoms with Gasteiger partial charge in [-0.05, 0) is 31.4 Å². The highest BCUT2D eigenvalue weighted by Gasteiger charge is 2.41. The second kappa shape index (κ2) is 10.1. The molecule has 0 aromatic heterocycles. The molecular formula is C19H35N3O4S2. The summed E-state index contributed by atoms with van der Waals surface area (Å²) in [7, 11) is -3.16. The van der Waals surface area contributed by atoms with E-state index < -0.39 is 10.0 Å². The number of nitrogens with zero attached hydrogens (tertiary/aromatic N) is 2. The number of thioether (sulfide) groups is 1. The Balaban J connectivity index is 1.49. The molecule has 0 radical (unpaired) electrons. The van der Waals surface area contributed by atoms with Gasteiger partial charge in [0.25, 0.3) is 0 Å². The average Bonchev–Trinajstić information content (AvgIpc) is 3.21. The Morgan fingerprint density at radius 1 is 1.21 bits per heavy atom. The van der Waals surface area contributed by atoms with E-state index in [4.69, 9.17) is 4.74 Å². The molecule has 162 valence electrons. The topological polar surface area (TPSA) is 79.0 Å². The van der Waals surface area contributed by atoms with Gasteiger partial charge < -0.3 is 10.1 Å². The molecule has 1 unspecified atom stereocenters. The Morgan fingerprint density at radius 3 is 2.54 bits per heavy atom. The lowest BCUT2D eigenvalue weighted by Gasteiger charge is -2.43. The molecule has 0 saturated carbocycles. The number of ether oxygens (including phenoxy) is 1. The summed E-state index contributed by atoms with van der Waals surface area (Å²) in [5.41, 5.74) is 0.0499. The predicted molar refractivity (Wildman–Crippen MR) is 113 cm³/mol. The van der Waals surface area contributed by atoms with Gasteiger partial charge in [-0.15, -0.1) is 0 Å². The highest BCUT2D eigenvalue weighted by atomic mass is 32.2. The van der Waals surface area contributed by atoms with Crippen molar-refractivity contribution >= 4 is 27.7 Å². The van der Waals surface area contributed by atoms with E-state index in [0.717, 1.165) is 50.7 Å². The first-order valence-corrected chi connectivity index (χ1v) is 13.4. The average molecular weight is 434 g/mol. The van der Waals surface area contributed by atoms with E-state index in [1.807, 2.05) is 18.7 Å². The normalized spacial score (nSPS) is 28.5. The van der Waals surface area contributed by atoms with E-state index in [2.05, 4.69) is 10.2 Å². The molecule has 7 nitrogen and oxygen atoms in total. The minimum atomic E-state index is -3.16. The van der Waals surface area contributed by atoms with E-state index in [9.17, 15) is 13.2 Å². The molecule has 0 spiro atoms. The van der Waals surface area contributed by atoms with Crippen LogP contribution < -0.4 is 5.32 Å². The van der Waals surface area contributed by atoms with E-state index in [1.165, 1.54) is 0 Å². The molecule has 3 saturated heterocycles. The first-order chi connectivity index (χ1) is 13.5. The molecule has 3 heterocycles. The lowest BCUT2D eigenvalue weighted by Crippen LogP contribution is -2.59. The molecule has 3 aliphatic heterocycles. The van der Waals surface area contributed by atoms with Gasteiger partial charge in [0.05, 0.1) is 19.0 Å². The van der Waals surface area contributed by atoms with Crippen molar-refractivity contribution in [3.63, 3.8) is 0 Å². The van der Waals surface area contributed by atoms with Crippen molar-refractivity contribution in [1.82, 2.24) is 14.5 Å². The van der Waals surface area contributed by atoms with Crippen LogP contribution >= 0.6 is 11.8 Å². The largest absolute Gasteiger partial charge is 0.379 e. The number of hydrogen-bond donors (Lipinski definition) is 1. The van der Waals surface area contributed by atoms with Gasteiger partial charge in [-0.1, -0.05) is 13.3 Å². The zero-order valence-electron chi connectivity index (χ0n) is 17.0. The van der Waals surface area contributed by atoms with Crippen molar-refractivity contribution in [1.29, 1.82) is 0 Å². The highest BCUT2D eigenvalue weighted by molar-refractivity contribution is 7.99. The molecular weight excluding hydrogens is 398 g/mol. The summed E-state index contributed by atoms with van der Waals surface area (Å²) in [6.45, 7) is 7.03. The molecule has 1 atom stereocenters. The van der Waals surface area contributed by atoms with Crippen LogP contribution in [0.4, 0.5) is 0 Å². The summed E-state index contributed by atoms with van der Waals surface area (Å²) in [5, 5.41) is 3.22. The minimum absolute atomic E-state index is 0.0499. The predicted octanol–water partition coefficient (Wildman–Crippen LogP) is 1.15. The van der Waals surface area contributed by atoms with Crippen LogP contribution in [0.3, 0.4) is 0 Å². The van der Waals surface area contributed by atoms with Crippen LogP contribution in [0.5, 0.6) is 0 Å². The minimum Gasteiger partial charge on any atom is -0.379 e. The van der Waals surface area contributed by atoms with Crippen LogP contribution in [0.1, 0.15) is 39.0 Å². The van der Waals surface area contributed by atoms with Crippen LogP contribution in [0, 0.1) is 5.92 Å². The number of sulfonamides is 1. The molecule has 3 aliphatic rings. The fraction of sp³-hybridized carbons (Fsp3) is 0.947. The Hall–Kier alpha value is -0.350. The lowest BCUT2D eigenvalue weighted by atomic mass is 9.93. The number of piperidine rings is 1. The highest BCUT2D eigenvalue weighted by Crippen LogP contribution is 2.34. The number of carbonyl (C=O) groups excluding carboxylic acids is 1. The Labute approximate surface area is 174 Å². The fourth-order valence-electron chi connectivity index (χ4n) is 4.38. The Kier molecular flexibility index (Phi) is 8.06. The van der Waals surface area contributed by atoms with Crippen LogP contribution in [0.25, 0.3) is 0 Å². The summed E-state index contributed by atoms with van der Waals surface area (Å²) in [6.07, 6.45) is 3.92. The second-order valence-electron chi connectivity index (χ2n) is 8.19. The molecule has 3 rings (SSSR count). The molecule has 3 fully saturated rings. The quantitative estimate of drug-likeness (QED) is 0.619. The van der Waals surface area contributed by atoms with Crippen molar-refractivity contribution in [2.24, 2.45) is 5.92 Å². The number of amides is 1. The van der Waals surface area contributed by atoms with Crippen molar-refractivity contribution in [2.45, 2.75) is 44.6 Å². The van der Waals surface area contributed by atoms with E-state index in [1.54, 1.807) is 4.31 Å². The van der Waals surface area contributed by atoms with Gasteiger partial charge in [-0.25, -0.2) is 12.7 Å². The van der Waals surface area contributed by atoms with Gasteiger partial charge >= 0.3 is 0 Å². The number of morpholine rings is 1. The fourth-order valence-corrected chi connectivity index (χ4v) is 7.54. The third kappa shape index (κ3) is 5.41. The zero-order chi connectivity index (χ0) is 20.0. The van der Waals surface area contributed by atoms with E-state index in [0.29, 0.717) is 38.9 Å². The van der Waals surface area contributed by atoms with E-state index in [-0.39, 0.29) is 23.1 Å². The van der Waals surface area contributed by atoms with Crippen LogP contribution in [0.15, 0.2) is 0 Å². The molecule has 1 amide bonds. The van der Waals surface area contributed by atoms with Crippen LogP contribution in [-0.2, 0) is 19.6 Å². The molecule has 1 N–H and O–H groups in total. The maximum absolute atomic E-state index is 12.8. The first kappa shape index (κ1) is 22.3. The second-order valence-corrected chi connectivity index (χ2v) is 11.4. The van der Waals surface area contributed by atoms with Crippen LogP contribution in [-0.4, -0.2) is 92.3 Å². The lowest BCUT2D eigenvalue weighted by molar-refractivity contribution is -0.127. The molecule has 0 aliphatic carbocycles. The van der Waals surface area contributed by atoms with Crippen molar-refractivity contribution in [2.75, 3.05) is 63.2 Å². The van der Waals surface area contributed by atoms with Gasteiger partial charge in [0.15, 0.2) is 0 Å². The maximum atomic E-state index is 12.8. The summed E-state index contributed by atoms with van der Waals surface area (Å²) in [5.74, 6) is 2.44. The van der Waals surface area contributed by atoms with Gasteiger partial charge in [-0.2, -0.15) is 11.8 Å². The number of rotatable bonds is 8. The molecule has 0 bridgehead atoms. The summed E-state index contributed by atoms with van der Waals surface area (Å²) in [6, 6.07) is 0. The first-order valence-electron chi connectivity index (χ1n) is 10.6. The maximum Gasteiger partial charge on any atom is 0.223 e. The zero-order valence-corrected chi connectivity index (χ0v) is 18.7. The van der Waals surface area contributed by atoms with E-state index >= 15 is 0 Å². The van der Waals surface area contributed by atoms with Gasteiger partial charge in [0, 0.05) is 49.9 Å². The molecule has 0 aromatic rings. The Bertz CT molecular complexity index is 609. The van der Waals surface area contributed by atoms with Crippen molar-refractivity contribution < 1.29 is 17.9 Å². The molecule has 28 heavy (non-hydrogen) atoms.